The molecule has 1 aromatic carbocycles. The van der Waals surface area contributed by atoms with Crippen molar-refractivity contribution in [3.63, 3.8) is 0 Å². The zero-order valence-corrected chi connectivity index (χ0v) is 17.3. The maximum atomic E-state index is 10.6. The highest BCUT2D eigenvalue weighted by Crippen LogP contribution is 2.21. The standard InChI is InChI=1S/C22H35NO4/c1-5-6-7-8-17-27-22(3,4)16-9-10-19(2)15-18-26-21-13-11-20(12-14-21)23(24)25/h11-15H,5-10,16-18H2,1-4H3. The molecule has 0 heterocycles. The third-order valence-electron chi connectivity index (χ3n) is 4.57. The van der Waals surface area contributed by atoms with Gasteiger partial charge in [0.25, 0.3) is 5.69 Å². The molecule has 1 rings (SSSR count). The van der Waals surface area contributed by atoms with Crippen LogP contribution in [0.1, 0.15) is 72.6 Å². The molecule has 5 heteroatoms. The Hall–Kier alpha value is -1.88. The Morgan fingerprint density at radius 2 is 1.85 bits per heavy atom. The van der Waals surface area contributed by atoms with Gasteiger partial charge in [0.15, 0.2) is 0 Å². The topological polar surface area (TPSA) is 61.6 Å². The Kier molecular flexibility index (Phi) is 10.7. The molecule has 27 heavy (non-hydrogen) atoms. The quantitative estimate of drug-likeness (QED) is 0.161. The summed E-state index contributed by atoms with van der Waals surface area (Å²) in [5, 5.41) is 10.6. The smallest absolute Gasteiger partial charge is 0.269 e. The minimum atomic E-state index is -0.412. The molecule has 0 amide bonds. The first-order valence-electron chi connectivity index (χ1n) is 10.0. The Morgan fingerprint density at radius 1 is 1.15 bits per heavy atom. The summed E-state index contributed by atoms with van der Waals surface area (Å²) in [6.07, 6.45) is 10.2. The Morgan fingerprint density at radius 3 is 2.48 bits per heavy atom. The fraction of sp³-hybridized carbons (Fsp3) is 0.636. The lowest BCUT2D eigenvalue weighted by molar-refractivity contribution is -0.384. The van der Waals surface area contributed by atoms with Gasteiger partial charge in [-0.15, -0.1) is 0 Å². The van der Waals surface area contributed by atoms with E-state index in [0.29, 0.717) is 12.4 Å². The molecule has 0 radical (unpaired) electrons. The lowest BCUT2D eigenvalue weighted by Gasteiger charge is -2.25. The van der Waals surface area contributed by atoms with E-state index in [9.17, 15) is 10.1 Å². The fourth-order valence-electron chi connectivity index (χ4n) is 2.79. The van der Waals surface area contributed by atoms with Gasteiger partial charge in [-0.3, -0.25) is 10.1 Å². The van der Waals surface area contributed by atoms with Gasteiger partial charge in [0.1, 0.15) is 12.4 Å². The molecule has 0 aliphatic rings. The predicted molar refractivity (Wildman–Crippen MR) is 110 cm³/mol. The van der Waals surface area contributed by atoms with Crippen LogP contribution in [0.25, 0.3) is 0 Å². The van der Waals surface area contributed by atoms with Gasteiger partial charge in [0.2, 0.25) is 0 Å². The zero-order chi connectivity index (χ0) is 20.1. The number of hydrogen-bond acceptors (Lipinski definition) is 4. The van der Waals surface area contributed by atoms with Gasteiger partial charge in [-0.25, -0.2) is 0 Å². The van der Waals surface area contributed by atoms with Crippen LogP contribution in [0.15, 0.2) is 35.9 Å². The van der Waals surface area contributed by atoms with Crippen molar-refractivity contribution < 1.29 is 14.4 Å². The van der Waals surface area contributed by atoms with E-state index < -0.39 is 4.92 Å². The molecule has 0 fully saturated rings. The lowest BCUT2D eigenvalue weighted by Crippen LogP contribution is -2.24. The van der Waals surface area contributed by atoms with Crippen LogP contribution < -0.4 is 4.74 Å². The second kappa shape index (κ2) is 12.5. The molecular weight excluding hydrogens is 342 g/mol. The highest BCUT2D eigenvalue weighted by Gasteiger charge is 2.17. The number of hydrogen-bond donors (Lipinski definition) is 0. The van der Waals surface area contributed by atoms with Crippen molar-refractivity contribution >= 4 is 5.69 Å². The van der Waals surface area contributed by atoms with Crippen LogP contribution in [0, 0.1) is 10.1 Å². The number of rotatable bonds is 14. The van der Waals surface area contributed by atoms with Gasteiger partial charge in [-0.2, -0.15) is 0 Å². The summed E-state index contributed by atoms with van der Waals surface area (Å²) in [5.74, 6) is 0.641. The minimum absolute atomic E-state index is 0.0677. The normalized spacial score (nSPS) is 12.2. The number of nitrogens with zero attached hydrogens (tertiary/aromatic N) is 1. The molecule has 0 spiro atoms. The average Bonchev–Trinajstić information content (AvgIpc) is 2.61. The van der Waals surface area contributed by atoms with Crippen molar-refractivity contribution in [1.29, 1.82) is 0 Å². The third kappa shape index (κ3) is 10.8. The van der Waals surface area contributed by atoms with Crippen LogP contribution in [0.2, 0.25) is 0 Å². The van der Waals surface area contributed by atoms with Crippen molar-refractivity contribution in [3.05, 3.63) is 46.0 Å². The number of benzene rings is 1. The maximum absolute atomic E-state index is 10.6. The number of non-ortho nitro benzene ring substituents is 1. The molecule has 0 aromatic heterocycles. The van der Waals surface area contributed by atoms with Gasteiger partial charge in [-0.1, -0.05) is 31.8 Å². The SMILES string of the molecule is CCCCCCOC(C)(C)CCCC(C)=CCOc1ccc([N+](=O)[O-])cc1. The third-order valence-corrected chi connectivity index (χ3v) is 4.57. The van der Waals surface area contributed by atoms with Gasteiger partial charge < -0.3 is 9.47 Å². The molecule has 0 atom stereocenters. The second-order valence-corrected chi connectivity index (χ2v) is 7.63. The van der Waals surface area contributed by atoms with E-state index in [1.54, 1.807) is 12.1 Å². The number of nitro groups is 1. The number of nitro benzene ring substituents is 1. The summed E-state index contributed by atoms with van der Waals surface area (Å²) in [6.45, 7) is 9.99. The molecule has 1 aromatic rings. The fourth-order valence-corrected chi connectivity index (χ4v) is 2.79. The van der Waals surface area contributed by atoms with Crippen molar-refractivity contribution in [2.75, 3.05) is 13.2 Å². The van der Waals surface area contributed by atoms with Crippen molar-refractivity contribution in [2.24, 2.45) is 0 Å². The predicted octanol–water partition coefficient (Wildman–Crippen LogP) is 6.47. The number of unbranched alkanes of at least 4 members (excludes halogenated alkanes) is 3. The van der Waals surface area contributed by atoms with Gasteiger partial charge >= 0.3 is 0 Å². The molecule has 0 aliphatic carbocycles. The van der Waals surface area contributed by atoms with Crippen LogP contribution in [-0.2, 0) is 4.74 Å². The largest absolute Gasteiger partial charge is 0.490 e. The molecule has 0 unspecified atom stereocenters. The first kappa shape index (κ1) is 23.2. The van der Waals surface area contributed by atoms with E-state index >= 15 is 0 Å². The summed E-state index contributed by atoms with van der Waals surface area (Å²) < 4.78 is 11.7. The molecule has 5 nitrogen and oxygen atoms in total. The summed E-state index contributed by atoms with van der Waals surface area (Å²) in [7, 11) is 0. The van der Waals surface area contributed by atoms with E-state index in [4.69, 9.17) is 9.47 Å². The number of ether oxygens (including phenoxy) is 2. The van der Waals surface area contributed by atoms with E-state index in [-0.39, 0.29) is 11.3 Å². The van der Waals surface area contributed by atoms with Gasteiger partial charge in [-0.05, 0) is 64.7 Å². The molecule has 152 valence electrons. The van der Waals surface area contributed by atoms with Crippen molar-refractivity contribution in [2.45, 2.75) is 78.2 Å². The summed E-state index contributed by atoms with van der Waals surface area (Å²) >= 11 is 0. The van der Waals surface area contributed by atoms with Gasteiger partial charge in [0.05, 0.1) is 10.5 Å². The van der Waals surface area contributed by atoms with E-state index in [1.807, 2.05) is 0 Å². The van der Waals surface area contributed by atoms with Crippen LogP contribution >= 0.6 is 0 Å². The van der Waals surface area contributed by atoms with Crippen molar-refractivity contribution in [3.8, 4) is 5.75 Å². The van der Waals surface area contributed by atoms with Crippen molar-refractivity contribution in [1.82, 2.24) is 0 Å². The van der Waals surface area contributed by atoms with Gasteiger partial charge in [0, 0.05) is 18.7 Å². The van der Waals surface area contributed by atoms with Crippen LogP contribution in [0.4, 0.5) is 5.69 Å². The zero-order valence-electron chi connectivity index (χ0n) is 17.3. The first-order valence-corrected chi connectivity index (χ1v) is 10.0. The van der Waals surface area contributed by atoms with Crippen LogP contribution in [0.3, 0.4) is 0 Å². The highest BCUT2D eigenvalue weighted by atomic mass is 16.6. The van der Waals surface area contributed by atoms with E-state index in [0.717, 1.165) is 32.3 Å². The van der Waals surface area contributed by atoms with E-state index in [2.05, 4.69) is 33.8 Å². The molecule has 0 saturated carbocycles. The maximum Gasteiger partial charge on any atom is 0.269 e. The first-order chi connectivity index (χ1) is 12.8. The van der Waals surface area contributed by atoms with Crippen LogP contribution in [0.5, 0.6) is 5.75 Å². The van der Waals surface area contributed by atoms with E-state index in [1.165, 1.54) is 37.0 Å². The highest BCUT2D eigenvalue weighted by molar-refractivity contribution is 5.36. The Balaban J connectivity index is 2.22. The Bertz CT molecular complexity index is 578. The average molecular weight is 378 g/mol. The summed E-state index contributed by atoms with van der Waals surface area (Å²) in [4.78, 5) is 10.2. The molecule has 0 bridgehead atoms. The number of allylic oxidation sites excluding steroid dienone is 1. The monoisotopic (exact) mass is 377 g/mol. The molecular formula is C22H35NO4. The second-order valence-electron chi connectivity index (χ2n) is 7.63. The summed E-state index contributed by atoms with van der Waals surface area (Å²) in [5.41, 5.74) is 1.29. The molecule has 0 aliphatic heterocycles. The molecule has 0 saturated heterocycles. The minimum Gasteiger partial charge on any atom is -0.490 e. The lowest BCUT2D eigenvalue weighted by atomic mass is 9.99. The Labute approximate surface area is 163 Å². The van der Waals surface area contributed by atoms with Crippen LogP contribution in [-0.4, -0.2) is 23.7 Å². The summed E-state index contributed by atoms with van der Waals surface area (Å²) in [6, 6.07) is 6.16. The molecule has 0 N–H and O–H groups in total.